The number of ether oxygens (including phenoxy) is 1. The molecule has 1 fully saturated rings. The van der Waals surface area contributed by atoms with Crippen molar-refractivity contribution in [3.05, 3.63) is 29.3 Å². The zero-order valence-corrected chi connectivity index (χ0v) is 14.0. The summed E-state index contributed by atoms with van der Waals surface area (Å²) in [6.07, 6.45) is 9.10. The van der Waals surface area contributed by atoms with Crippen molar-refractivity contribution >= 4 is 28.5 Å². The molecule has 2 unspecified atom stereocenters. The molecule has 1 aromatic rings. The average Bonchev–Trinajstić information content (AvgIpc) is 2.48. The predicted molar refractivity (Wildman–Crippen MR) is 88.2 cm³/mol. The number of amides is 1. The maximum Gasteiger partial charge on any atom is 0.251 e. The van der Waals surface area contributed by atoms with Gasteiger partial charge in [0.25, 0.3) is 5.91 Å². The first-order valence-electron chi connectivity index (χ1n) is 7.03. The largest absolute Gasteiger partial charge is 0.475 e. The topological polar surface area (TPSA) is 38.3 Å². The lowest BCUT2D eigenvalue weighted by Gasteiger charge is -2.28. The molecule has 6 heteroatoms. The summed E-state index contributed by atoms with van der Waals surface area (Å²) in [5.41, 5.74) is -0.0581. The van der Waals surface area contributed by atoms with E-state index in [9.17, 15) is 13.6 Å². The van der Waals surface area contributed by atoms with E-state index in [1.54, 1.807) is 0 Å². The fraction of sp³-hybridized carbons (Fsp3) is 0.438. The molecule has 22 heavy (non-hydrogen) atoms. The molecular weight excluding hydrogens is 403 g/mol. The number of rotatable bonds is 4. The second kappa shape index (κ2) is 7.77. The molecule has 2 rings (SSSR count). The molecule has 0 spiro atoms. The van der Waals surface area contributed by atoms with Crippen LogP contribution in [0.4, 0.5) is 8.78 Å². The van der Waals surface area contributed by atoms with Gasteiger partial charge in [0.05, 0.1) is 0 Å². The van der Waals surface area contributed by atoms with Crippen LogP contribution in [0.15, 0.2) is 12.1 Å². The molecular formula is C16H16F2INO2. The number of carbonyl (C=O) groups is 1. The van der Waals surface area contributed by atoms with Gasteiger partial charge in [-0.15, -0.1) is 6.42 Å². The first kappa shape index (κ1) is 17.0. The van der Waals surface area contributed by atoms with Gasteiger partial charge in [-0.2, -0.15) is 0 Å². The van der Waals surface area contributed by atoms with Crippen LogP contribution >= 0.6 is 22.6 Å². The Balaban J connectivity index is 2.11. The third kappa shape index (κ3) is 4.09. The van der Waals surface area contributed by atoms with Crippen LogP contribution < -0.4 is 10.1 Å². The Kier molecular flexibility index (Phi) is 6.00. The summed E-state index contributed by atoms with van der Waals surface area (Å²) in [4.78, 5) is 12.2. The molecule has 2 atom stereocenters. The van der Waals surface area contributed by atoms with E-state index in [1.165, 1.54) is 0 Å². The summed E-state index contributed by atoms with van der Waals surface area (Å²) < 4.78 is 32.8. The van der Waals surface area contributed by atoms with E-state index in [1.807, 2.05) is 0 Å². The highest BCUT2D eigenvalue weighted by atomic mass is 127. The van der Waals surface area contributed by atoms with Gasteiger partial charge in [-0.25, -0.2) is 8.78 Å². The number of hydrogen-bond donors (Lipinski definition) is 1. The van der Waals surface area contributed by atoms with Crippen molar-refractivity contribution < 1.29 is 18.3 Å². The SMILES string of the molecule is C#CCOc1c(F)cc(C(=O)NC2CCCCC2I)cc1F. The first-order chi connectivity index (χ1) is 10.5. The van der Waals surface area contributed by atoms with E-state index in [0.717, 1.165) is 37.8 Å². The summed E-state index contributed by atoms with van der Waals surface area (Å²) in [7, 11) is 0. The van der Waals surface area contributed by atoms with Crippen LogP contribution in [0.25, 0.3) is 0 Å². The highest BCUT2D eigenvalue weighted by Gasteiger charge is 2.25. The molecule has 1 aliphatic rings. The lowest BCUT2D eigenvalue weighted by molar-refractivity contribution is 0.0929. The Morgan fingerprint density at radius 3 is 2.59 bits per heavy atom. The number of carbonyl (C=O) groups excluding carboxylic acids is 1. The predicted octanol–water partition coefficient (Wildman–Crippen LogP) is 3.45. The van der Waals surface area contributed by atoms with Gasteiger partial charge in [-0.1, -0.05) is 41.4 Å². The smallest absolute Gasteiger partial charge is 0.251 e. The van der Waals surface area contributed by atoms with Crippen molar-refractivity contribution in [2.75, 3.05) is 6.61 Å². The fourth-order valence-corrected chi connectivity index (χ4v) is 3.42. The van der Waals surface area contributed by atoms with E-state index in [-0.39, 0.29) is 18.2 Å². The Hall–Kier alpha value is -1.36. The lowest BCUT2D eigenvalue weighted by atomic mass is 9.95. The molecule has 0 aromatic heterocycles. The molecule has 1 aliphatic carbocycles. The minimum absolute atomic E-state index is 0.0327. The van der Waals surface area contributed by atoms with E-state index in [0.29, 0.717) is 3.92 Å². The quantitative estimate of drug-likeness (QED) is 0.462. The Morgan fingerprint density at radius 2 is 2.00 bits per heavy atom. The number of halogens is 3. The average molecular weight is 419 g/mol. The molecule has 1 aromatic carbocycles. The van der Waals surface area contributed by atoms with E-state index < -0.39 is 23.3 Å². The third-order valence-corrected chi connectivity index (χ3v) is 5.05. The summed E-state index contributed by atoms with van der Waals surface area (Å²) in [6, 6.07) is 1.97. The number of hydrogen-bond acceptors (Lipinski definition) is 2. The second-order valence-electron chi connectivity index (χ2n) is 5.14. The molecule has 118 valence electrons. The summed E-state index contributed by atoms with van der Waals surface area (Å²) in [5, 5.41) is 2.85. The highest BCUT2D eigenvalue weighted by molar-refractivity contribution is 14.1. The van der Waals surface area contributed by atoms with Gasteiger partial charge in [0.2, 0.25) is 0 Å². The van der Waals surface area contributed by atoms with Crippen LogP contribution in [-0.2, 0) is 0 Å². The van der Waals surface area contributed by atoms with Gasteiger partial charge in [0.1, 0.15) is 6.61 Å². The summed E-state index contributed by atoms with van der Waals surface area (Å²) in [6.45, 7) is -0.238. The first-order valence-corrected chi connectivity index (χ1v) is 8.27. The monoisotopic (exact) mass is 419 g/mol. The maximum absolute atomic E-state index is 13.8. The Labute approximate surface area is 141 Å². The summed E-state index contributed by atoms with van der Waals surface area (Å²) in [5.74, 6) is -0.772. The lowest BCUT2D eigenvalue weighted by Crippen LogP contribution is -2.42. The van der Waals surface area contributed by atoms with Crippen LogP contribution in [0, 0.1) is 24.0 Å². The molecule has 3 nitrogen and oxygen atoms in total. The Bertz CT molecular complexity index is 577. The number of nitrogens with one attached hydrogen (secondary N) is 1. The second-order valence-corrected chi connectivity index (χ2v) is 6.74. The van der Waals surface area contributed by atoms with Crippen LogP contribution in [0.2, 0.25) is 0 Å². The number of benzene rings is 1. The number of alkyl halides is 1. The number of terminal acetylenes is 1. The van der Waals surface area contributed by atoms with Crippen molar-refractivity contribution in [2.24, 2.45) is 0 Å². The van der Waals surface area contributed by atoms with Gasteiger partial charge in [-0.05, 0) is 25.0 Å². The van der Waals surface area contributed by atoms with E-state index >= 15 is 0 Å². The fourth-order valence-electron chi connectivity index (χ4n) is 2.44. The normalized spacial score (nSPS) is 21.0. The van der Waals surface area contributed by atoms with E-state index in [2.05, 4.69) is 33.8 Å². The third-order valence-electron chi connectivity index (χ3n) is 3.56. The van der Waals surface area contributed by atoms with Crippen molar-refractivity contribution in [3.8, 4) is 18.1 Å². The van der Waals surface area contributed by atoms with Gasteiger partial charge in [-0.3, -0.25) is 4.79 Å². The van der Waals surface area contributed by atoms with Gasteiger partial charge in [0.15, 0.2) is 17.4 Å². The zero-order chi connectivity index (χ0) is 16.1. The summed E-state index contributed by atoms with van der Waals surface area (Å²) >= 11 is 2.30. The minimum Gasteiger partial charge on any atom is -0.475 e. The molecule has 0 radical (unpaired) electrons. The van der Waals surface area contributed by atoms with Crippen LogP contribution in [-0.4, -0.2) is 22.5 Å². The molecule has 0 aliphatic heterocycles. The standard InChI is InChI=1S/C16H16F2INO2/c1-2-7-22-15-11(17)8-10(9-12(15)18)16(21)20-14-6-4-3-5-13(14)19/h1,8-9,13-14H,3-7H2,(H,20,21). The Morgan fingerprint density at radius 1 is 1.36 bits per heavy atom. The van der Waals surface area contributed by atoms with E-state index in [4.69, 9.17) is 11.2 Å². The van der Waals surface area contributed by atoms with Gasteiger partial charge >= 0.3 is 0 Å². The molecule has 0 bridgehead atoms. The molecule has 1 saturated carbocycles. The molecule has 1 N–H and O–H groups in total. The minimum atomic E-state index is -0.935. The van der Waals surface area contributed by atoms with Crippen LogP contribution in [0.5, 0.6) is 5.75 Å². The van der Waals surface area contributed by atoms with Crippen molar-refractivity contribution in [3.63, 3.8) is 0 Å². The van der Waals surface area contributed by atoms with Crippen molar-refractivity contribution in [2.45, 2.75) is 35.6 Å². The van der Waals surface area contributed by atoms with Gasteiger partial charge in [0, 0.05) is 15.5 Å². The molecule has 1 amide bonds. The van der Waals surface area contributed by atoms with Gasteiger partial charge < -0.3 is 10.1 Å². The van der Waals surface area contributed by atoms with Crippen molar-refractivity contribution in [1.29, 1.82) is 0 Å². The van der Waals surface area contributed by atoms with Crippen LogP contribution in [0.1, 0.15) is 36.0 Å². The molecule has 0 saturated heterocycles. The highest BCUT2D eigenvalue weighted by Crippen LogP contribution is 2.26. The maximum atomic E-state index is 13.8. The molecule has 0 heterocycles. The zero-order valence-electron chi connectivity index (χ0n) is 11.9. The van der Waals surface area contributed by atoms with Crippen molar-refractivity contribution in [1.82, 2.24) is 5.32 Å². The van der Waals surface area contributed by atoms with Crippen LogP contribution in [0.3, 0.4) is 0 Å².